The molecule has 0 aliphatic heterocycles. The van der Waals surface area contributed by atoms with E-state index in [1.54, 1.807) is 0 Å². The first-order chi connectivity index (χ1) is 36.5. The Bertz CT molecular complexity index is 1150. The molecule has 0 bridgehead atoms. The van der Waals surface area contributed by atoms with Crippen LogP contribution in [0.25, 0.3) is 0 Å². The van der Waals surface area contributed by atoms with Crippen LogP contribution in [0.15, 0.2) is 24.3 Å². The Hall–Kier alpha value is -1.66. The third-order valence-electron chi connectivity index (χ3n) is 15.7. The van der Waals surface area contributed by atoms with Crippen molar-refractivity contribution in [1.29, 1.82) is 0 Å². The molecule has 0 fully saturated rings. The van der Waals surface area contributed by atoms with E-state index < -0.39 is 12.1 Å². The highest BCUT2D eigenvalue weighted by atomic mass is 16.5. The van der Waals surface area contributed by atoms with Gasteiger partial charge < -0.3 is 20.3 Å². The molecule has 0 radical (unpaired) electrons. The van der Waals surface area contributed by atoms with E-state index in [2.05, 4.69) is 43.5 Å². The number of aliphatic hydroxyl groups excluding tert-OH is 2. The van der Waals surface area contributed by atoms with Crippen LogP contribution in [0.5, 0.6) is 0 Å². The van der Waals surface area contributed by atoms with Crippen LogP contribution in [0.1, 0.15) is 373 Å². The number of amides is 1. The molecule has 0 aromatic carbocycles. The van der Waals surface area contributed by atoms with Gasteiger partial charge in [0.15, 0.2) is 0 Å². The van der Waals surface area contributed by atoms with Gasteiger partial charge in [-0.05, 0) is 77.0 Å². The van der Waals surface area contributed by atoms with Crippen LogP contribution >= 0.6 is 0 Å². The fraction of sp³-hybridized carbons (Fsp3) is 0.912. The van der Waals surface area contributed by atoms with Crippen LogP contribution in [-0.4, -0.2) is 47.4 Å². The normalized spacial score (nSPS) is 12.6. The largest absolute Gasteiger partial charge is 0.466 e. The fourth-order valence-electron chi connectivity index (χ4n) is 10.6. The number of allylic oxidation sites excluding steroid dienone is 4. The Kier molecular flexibility index (Phi) is 62.4. The summed E-state index contributed by atoms with van der Waals surface area (Å²) in [6.07, 6.45) is 79.4. The molecule has 0 rings (SSSR count). The van der Waals surface area contributed by atoms with Gasteiger partial charge in [-0.2, -0.15) is 0 Å². The molecule has 2 atom stereocenters. The second kappa shape index (κ2) is 63.9. The predicted octanol–water partition coefficient (Wildman–Crippen LogP) is 21.4. The maximum absolute atomic E-state index is 12.5. The van der Waals surface area contributed by atoms with E-state index in [0.717, 1.165) is 44.9 Å². The molecule has 6 nitrogen and oxygen atoms in total. The number of esters is 1. The van der Waals surface area contributed by atoms with Gasteiger partial charge >= 0.3 is 5.97 Å². The maximum Gasteiger partial charge on any atom is 0.305 e. The third-order valence-corrected chi connectivity index (χ3v) is 15.7. The van der Waals surface area contributed by atoms with E-state index in [0.29, 0.717) is 25.9 Å². The standard InChI is InChI=1S/C68H131NO5/c1-3-5-7-9-11-13-15-37-42-46-50-54-58-62-68(73)74-63-59-55-51-47-43-39-36-34-32-30-28-26-24-22-20-18-16-17-19-21-23-25-27-29-31-33-35-38-41-45-49-53-57-61-67(72)69-65(64-70)66(71)60-56-52-48-44-40-14-12-10-8-6-4-2/h13,15,20,22,65-66,70-71H,3-12,14,16-19,21,23-64H2,1-2H3,(H,69,72)/b15-13-,22-20-. The van der Waals surface area contributed by atoms with Gasteiger partial charge in [-0.3, -0.25) is 9.59 Å². The lowest BCUT2D eigenvalue weighted by Crippen LogP contribution is -2.45. The lowest BCUT2D eigenvalue weighted by Gasteiger charge is -2.22. The molecule has 6 heteroatoms. The van der Waals surface area contributed by atoms with Gasteiger partial charge in [-0.1, -0.05) is 308 Å². The van der Waals surface area contributed by atoms with Crippen LogP contribution < -0.4 is 5.32 Å². The monoisotopic (exact) mass is 1040 g/mol. The molecule has 3 N–H and O–H groups in total. The van der Waals surface area contributed by atoms with Crippen molar-refractivity contribution >= 4 is 11.9 Å². The molecular weight excluding hydrogens is 911 g/mol. The Morgan fingerprint density at radius 3 is 0.973 bits per heavy atom. The summed E-state index contributed by atoms with van der Waals surface area (Å²) in [6.45, 7) is 4.95. The summed E-state index contributed by atoms with van der Waals surface area (Å²) in [6, 6.07) is -0.537. The molecule has 0 aliphatic rings. The zero-order valence-electron chi connectivity index (χ0n) is 50.1. The second-order valence-electron chi connectivity index (χ2n) is 23.1. The van der Waals surface area contributed by atoms with Crippen molar-refractivity contribution in [2.45, 2.75) is 386 Å². The molecule has 1 amide bonds. The van der Waals surface area contributed by atoms with Gasteiger partial charge in [-0.15, -0.1) is 0 Å². The fourth-order valence-corrected chi connectivity index (χ4v) is 10.6. The van der Waals surface area contributed by atoms with Gasteiger partial charge in [0.25, 0.3) is 0 Å². The number of hydrogen-bond acceptors (Lipinski definition) is 5. The summed E-state index contributed by atoms with van der Waals surface area (Å²) >= 11 is 0. The van der Waals surface area contributed by atoms with E-state index in [1.165, 1.54) is 295 Å². The highest BCUT2D eigenvalue weighted by molar-refractivity contribution is 5.76. The predicted molar refractivity (Wildman–Crippen MR) is 324 cm³/mol. The Labute approximate surface area is 462 Å². The smallest absolute Gasteiger partial charge is 0.305 e. The Balaban J connectivity index is 3.33. The summed E-state index contributed by atoms with van der Waals surface area (Å²) in [5, 5.41) is 23.2. The van der Waals surface area contributed by atoms with Crippen LogP contribution in [0.2, 0.25) is 0 Å². The Morgan fingerprint density at radius 1 is 0.365 bits per heavy atom. The number of rotatable bonds is 63. The summed E-state index contributed by atoms with van der Waals surface area (Å²) in [7, 11) is 0. The van der Waals surface area contributed by atoms with E-state index in [-0.39, 0.29) is 18.5 Å². The minimum absolute atomic E-state index is 0.00969. The number of unbranched alkanes of at least 4 members (excludes halogenated alkanes) is 48. The SMILES string of the molecule is CCCCCC/C=C\CCCCCCCC(=O)OCCCCCCCCCCCCCC/C=C\CCCCCCCCCCCCCCCCCCCC(=O)NC(CO)C(O)CCCCCCCCCCCCC. The number of aliphatic hydroxyl groups is 2. The van der Waals surface area contributed by atoms with Gasteiger partial charge in [-0.25, -0.2) is 0 Å². The number of hydrogen-bond donors (Lipinski definition) is 3. The molecule has 0 saturated heterocycles. The molecular formula is C68H131NO5. The zero-order valence-corrected chi connectivity index (χ0v) is 50.1. The lowest BCUT2D eigenvalue weighted by molar-refractivity contribution is -0.143. The molecule has 74 heavy (non-hydrogen) atoms. The maximum atomic E-state index is 12.5. The zero-order chi connectivity index (χ0) is 53.6. The van der Waals surface area contributed by atoms with Crippen molar-refractivity contribution in [3.05, 3.63) is 24.3 Å². The van der Waals surface area contributed by atoms with E-state index in [1.807, 2.05) is 0 Å². The van der Waals surface area contributed by atoms with Crippen molar-refractivity contribution in [1.82, 2.24) is 5.32 Å². The van der Waals surface area contributed by atoms with Crippen LogP contribution in [0.3, 0.4) is 0 Å². The minimum atomic E-state index is -0.660. The van der Waals surface area contributed by atoms with Crippen LogP contribution in [0.4, 0.5) is 0 Å². The molecule has 2 unspecified atom stereocenters. The number of carbonyl (C=O) groups excluding carboxylic acids is 2. The van der Waals surface area contributed by atoms with Gasteiger partial charge in [0.1, 0.15) is 0 Å². The van der Waals surface area contributed by atoms with Crippen molar-refractivity contribution in [3.63, 3.8) is 0 Å². The highest BCUT2D eigenvalue weighted by Crippen LogP contribution is 2.18. The summed E-state index contributed by atoms with van der Waals surface area (Å²) < 4.78 is 5.48. The summed E-state index contributed by atoms with van der Waals surface area (Å²) in [4.78, 5) is 24.5. The van der Waals surface area contributed by atoms with Gasteiger partial charge in [0.2, 0.25) is 5.91 Å². The van der Waals surface area contributed by atoms with E-state index in [9.17, 15) is 19.8 Å². The Morgan fingerprint density at radius 2 is 0.635 bits per heavy atom. The van der Waals surface area contributed by atoms with Crippen molar-refractivity contribution < 1.29 is 24.5 Å². The molecule has 0 aliphatic carbocycles. The summed E-state index contributed by atoms with van der Waals surface area (Å²) in [5.41, 5.74) is 0. The van der Waals surface area contributed by atoms with Gasteiger partial charge in [0, 0.05) is 12.8 Å². The topological polar surface area (TPSA) is 95.9 Å². The average molecular weight is 1040 g/mol. The molecule has 0 aromatic rings. The molecule has 0 saturated carbocycles. The highest BCUT2D eigenvalue weighted by Gasteiger charge is 2.20. The quantitative estimate of drug-likeness (QED) is 0.0320. The first kappa shape index (κ1) is 72.3. The van der Waals surface area contributed by atoms with Crippen molar-refractivity contribution in [3.8, 4) is 0 Å². The van der Waals surface area contributed by atoms with Crippen LogP contribution in [0, 0.1) is 0 Å². The first-order valence-corrected chi connectivity index (χ1v) is 33.6. The average Bonchev–Trinajstić information content (AvgIpc) is 3.40. The number of nitrogens with one attached hydrogen (secondary N) is 1. The second-order valence-corrected chi connectivity index (χ2v) is 23.1. The third kappa shape index (κ3) is 59.6. The summed E-state index contributed by atoms with van der Waals surface area (Å²) in [5.74, 6) is -0.0216. The van der Waals surface area contributed by atoms with Crippen LogP contribution in [-0.2, 0) is 14.3 Å². The number of ether oxygens (including phenoxy) is 1. The van der Waals surface area contributed by atoms with E-state index in [4.69, 9.17) is 4.74 Å². The first-order valence-electron chi connectivity index (χ1n) is 33.6. The molecule has 0 heterocycles. The minimum Gasteiger partial charge on any atom is -0.466 e. The van der Waals surface area contributed by atoms with Crippen molar-refractivity contribution in [2.75, 3.05) is 13.2 Å². The number of carbonyl (C=O) groups is 2. The van der Waals surface area contributed by atoms with E-state index >= 15 is 0 Å². The molecule has 0 spiro atoms. The molecule has 438 valence electrons. The molecule has 0 aromatic heterocycles. The van der Waals surface area contributed by atoms with Crippen molar-refractivity contribution in [2.24, 2.45) is 0 Å². The van der Waals surface area contributed by atoms with Gasteiger partial charge in [0.05, 0.1) is 25.4 Å². The lowest BCUT2D eigenvalue weighted by atomic mass is 10.0.